The fourth-order valence-corrected chi connectivity index (χ4v) is 2.62. The SMILES string of the molecule is Cc1nc2ccc(Br)cc2c(=O)n1Cc1ccccc1. The second-order valence-electron chi connectivity index (χ2n) is 4.70. The molecule has 0 amide bonds. The highest BCUT2D eigenvalue weighted by Gasteiger charge is 2.08. The van der Waals surface area contributed by atoms with Crippen LogP contribution in [0.15, 0.2) is 57.8 Å². The van der Waals surface area contributed by atoms with E-state index in [1.165, 1.54) is 0 Å². The third-order valence-electron chi connectivity index (χ3n) is 3.29. The van der Waals surface area contributed by atoms with E-state index < -0.39 is 0 Å². The van der Waals surface area contributed by atoms with Crippen molar-refractivity contribution in [2.75, 3.05) is 0 Å². The van der Waals surface area contributed by atoms with Crippen molar-refractivity contribution in [2.45, 2.75) is 13.5 Å². The molecule has 0 aliphatic rings. The first-order valence-electron chi connectivity index (χ1n) is 6.36. The molecular formula is C16H13BrN2O. The molecule has 0 atom stereocenters. The van der Waals surface area contributed by atoms with Gasteiger partial charge in [-0.1, -0.05) is 46.3 Å². The van der Waals surface area contributed by atoms with Gasteiger partial charge in [0, 0.05) is 4.47 Å². The van der Waals surface area contributed by atoms with Crippen molar-refractivity contribution in [3.63, 3.8) is 0 Å². The van der Waals surface area contributed by atoms with Crippen molar-refractivity contribution < 1.29 is 0 Å². The van der Waals surface area contributed by atoms with Crippen molar-refractivity contribution in [3.8, 4) is 0 Å². The Balaban J connectivity index is 2.18. The van der Waals surface area contributed by atoms with Crippen LogP contribution in [-0.2, 0) is 6.54 Å². The molecule has 100 valence electrons. The fraction of sp³-hybridized carbons (Fsp3) is 0.125. The van der Waals surface area contributed by atoms with Crippen molar-refractivity contribution in [2.24, 2.45) is 0 Å². The molecule has 0 spiro atoms. The molecule has 0 aliphatic carbocycles. The molecule has 0 radical (unpaired) electrons. The van der Waals surface area contributed by atoms with Crippen LogP contribution in [0.1, 0.15) is 11.4 Å². The maximum Gasteiger partial charge on any atom is 0.261 e. The zero-order valence-electron chi connectivity index (χ0n) is 11.0. The number of halogens is 1. The van der Waals surface area contributed by atoms with Gasteiger partial charge in [-0.3, -0.25) is 9.36 Å². The van der Waals surface area contributed by atoms with Crippen LogP contribution in [0.4, 0.5) is 0 Å². The standard InChI is InChI=1S/C16H13BrN2O/c1-11-18-15-8-7-13(17)9-14(15)16(20)19(11)10-12-5-3-2-4-6-12/h2-9H,10H2,1H3. The lowest BCUT2D eigenvalue weighted by atomic mass is 10.2. The molecule has 0 aliphatic heterocycles. The summed E-state index contributed by atoms with van der Waals surface area (Å²) in [6.07, 6.45) is 0. The first kappa shape index (κ1) is 13.1. The lowest BCUT2D eigenvalue weighted by molar-refractivity contribution is 0.713. The molecule has 0 N–H and O–H groups in total. The Morgan fingerprint density at radius 2 is 1.90 bits per heavy atom. The normalized spacial score (nSPS) is 10.9. The number of hydrogen-bond donors (Lipinski definition) is 0. The van der Waals surface area contributed by atoms with Crippen molar-refractivity contribution in [1.82, 2.24) is 9.55 Å². The summed E-state index contributed by atoms with van der Waals surface area (Å²) in [5.74, 6) is 0.730. The van der Waals surface area contributed by atoms with Gasteiger partial charge >= 0.3 is 0 Å². The fourth-order valence-electron chi connectivity index (χ4n) is 2.26. The molecule has 20 heavy (non-hydrogen) atoms. The van der Waals surface area contributed by atoms with E-state index in [4.69, 9.17) is 0 Å². The molecule has 3 nitrogen and oxygen atoms in total. The number of hydrogen-bond acceptors (Lipinski definition) is 2. The predicted octanol–water partition coefficient (Wildman–Crippen LogP) is 3.52. The van der Waals surface area contributed by atoms with E-state index >= 15 is 0 Å². The Bertz CT molecular complexity index is 825. The van der Waals surface area contributed by atoms with Gasteiger partial charge in [0.05, 0.1) is 17.4 Å². The number of benzene rings is 2. The minimum absolute atomic E-state index is 0.00217. The predicted molar refractivity (Wildman–Crippen MR) is 84.0 cm³/mol. The van der Waals surface area contributed by atoms with E-state index in [1.807, 2.05) is 55.5 Å². The quantitative estimate of drug-likeness (QED) is 0.721. The minimum Gasteiger partial charge on any atom is -0.292 e. The minimum atomic E-state index is -0.00217. The van der Waals surface area contributed by atoms with Gasteiger partial charge in [-0.2, -0.15) is 0 Å². The average molecular weight is 329 g/mol. The van der Waals surface area contributed by atoms with Gasteiger partial charge in [-0.05, 0) is 30.7 Å². The Hall–Kier alpha value is -1.94. The van der Waals surface area contributed by atoms with Crippen LogP contribution in [0.2, 0.25) is 0 Å². The van der Waals surface area contributed by atoms with E-state index in [-0.39, 0.29) is 5.56 Å². The van der Waals surface area contributed by atoms with Crippen molar-refractivity contribution in [3.05, 3.63) is 74.7 Å². The molecule has 0 fully saturated rings. The van der Waals surface area contributed by atoms with Crippen LogP contribution in [-0.4, -0.2) is 9.55 Å². The molecule has 3 aromatic rings. The van der Waals surface area contributed by atoms with Crippen molar-refractivity contribution >= 4 is 26.8 Å². The third-order valence-corrected chi connectivity index (χ3v) is 3.78. The topological polar surface area (TPSA) is 34.9 Å². The number of aromatic nitrogens is 2. The second-order valence-corrected chi connectivity index (χ2v) is 5.61. The van der Waals surface area contributed by atoms with Crippen molar-refractivity contribution in [1.29, 1.82) is 0 Å². The van der Waals surface area contributed by atoms with Gasteiger partial charge in [0.1, 0.15) is 5.82 Å². The molecule has 3 rings (SSSR count). The van der Waals surface area contributed by atoms with E-state index in [0.717, 1.165) is 21.4 Å². The average Bonchev–Trinajstić information content (AvgIpc) is 2.46. The van der Waals surface area contributed by atoms with Crippen LogP contribution in [0.5, 0.6) is 0 Å². The molecule has 0 bridgehead atoms. The van der Waals surface area contributed by atoms with E-state index in [9.17, 15) is 4.79 Å². The monoisotopic (exact) mass is 328 g/mol. The maximum atomic E-state index is 12.6. The third kappa shape index (κ3) is 2.39. The zero-order chi connectivity index (χ0) is 14.1. The van der Waals surface area contributed by atoms with Crippen LogP contribution in [0.25, 0.3) is 10.9 Å². The number of fused-ring (bicyclic) bond motifs is 1. The molecule has 4 heteroatoms. The summed E-state index contributed by atoms with van der Waals surface area (Å²) in [5.41, 5.74) is 1.83. The van der Waals surface area contributed by atoms with Crippen LogP contribution < -0.4 is 5.56 Å². The zero-order valence-corrected chi connectivity index (χ0v) is 12.6. The summed E-state index contributed by atoms with van der Waals surface area (Å²) in [5, 5.41) is 0.640. The van der Waals surface area contributed by atoms with Gasteiger partial charge < -0.3 is 0 Å². The van der Waals surface area contributed by atoms with E-state index in [0.29, 0.717) is 11.9 Å². The van der Waals surface area contributed by atoms with Gasteiger partial charge in [-0.15, -0.1) is 0 Å². The molecule has 0 unspecified atom stereocenters. The Morgan fingerprint density at radius 1 is 1.15 bits per heavy atom. The summed E-state index contributed by atoms with van der Waals surface area (Å²) >= 11 is 3.40. The number of aryl methyl sites for hydroxylation is 1. The smallest absolute Gasteiger partial charge is 0.261 e. The van der Waals surface area contributed by atoms with Crippen LogP contribution in [0, 0.1) is 6.92 Å². The first-order chi connectivity index (χ1) is 9.65. The summed E-state index contributed by atoms with van der Waals surface area (Å²) in [7, 11) is 0. The van der Waals surface area contributed by atoms with Gasteiger partial charge in [-0.25, -0.2) is 4.98 Å². The van der Waals surface area contributed by atoms with Gasteiger partial charge in [0.25, 0.3) is 5.56 Å². The van der Waals surface area contributed by atoms with Gasteiger partial charge in [0.2, 0.25) is 0 Å². The summed E-state index contributed by atoms with van der Waals surface area (Å²) < 4.78 is 2.60. The lowest BCUT2D eigenvalue weighted by Gasteiger charge is -2.11. The first-order valence-corrected chi connectivity index (χ1v) is 7.15. The number of rotatable bonds is 2. The Labute approximate surface area is 125 Å². The second kappa shape index (κ2) is 5.21. The highest BCUT2D eigenvalue weighted by Crippen LogP contribution is 2.16. The number of nitrogens with zero attached hydrogens (tertiary/aromatic N) is 2. The largest absolute Gasteiger partial charge is 0.292 e. The van der Waals surface area contributed by atoms with Gasteiger partial charge in [0.15, 0.2) is 0 Å². The Morgan fingerprint density at radius 3 is 2.65 bits per heavy atom. The highest BCUT2D eigenvalue weighted by atomic mass is 79.9. The molecule has 2 aromatic carbocycles. The molecular weight excluding hydrogens is 316 g/mol. The highest BCUT2D eigenvalue weighted by molar-refractivity contribution is 9.10. The summed E-state index contributed by atoms with van der Waals surface area (Å²) in [4.78, 5) is 17.1. The summed E-state index contributed by atoms with van der Waals surface area (Å²) in [6, 6.07) is 15.5. The molecule has 1 aromatic heterocycles. The van der Waals surface area contributed by atoms with Crippen LogP contribution >= 0.6 is 15.9 Å². The molecule has 0 saturated heterocycles. The van der Waals surface area contributed by atoms with E-state index in [1.54, 1.807) is 4.57 Å². The Kier molecular flexibility index (Phi) is 3.40. The summed E-state index contributed by atoms with van der Waals surface area (Å²) in [6.45, 7) is 2.41. The van der Waals surface area contributed by atoms with E-state index in [2.05, 4.69) is 20.9 Å². The molecule has 0 saturated carbocycles. The molecule has 1 heterocycles. The maximum absolute atomic E-state index is 12.6. The lowest BCUT2D eigenvalue weighted by Crippen LogP contribution is -2.24. The van der Waals surface area contributed by atoms with Crippen LogP contribution in [0.3, 0.4) is 0 Å².